The molecule has 0 aliphatic rings. The Morgan fingerprint density at radius 2 is 1.46 bits per heavy atom. The Hall–Kier alpha value is -2.69. The minimum atomic E-state index is -0.447. The first-order valence-electron chi connectivity index (χ1n) is 7.71. The fraction of sp³-hybridized carbons (Fsp3) is 0.150. The highest BCUT2D eigenvalue weighted by Crippen LogP contribution is 2.28. The molecule has 0 unspecified atom stereocenters. The van der Waals surface area contributed by atoms with Crippen molar-refractivity contribution >= 4 is 21.7 Å². The minimum absolute atomic E-state index is 0.447. The number of pyridine rings is 1. The third-order valence-electron chi connectivity index (χ3n) is 4.19. The second-order valence-corrected chi connectivity index (χ2v) is 5.66. The molecule has 0 spiro atoms. The van der Waals surface area contributed by atoms with Gasteiger partial charge in [-0.2, -0.15) is 0 Å². The molecule has 0 N–H and O–H groups in total. The van der Waals surface area contributed by atoms with Crippen LogP contribution in [-0.2, 0) is 9.47 Å². The molecule has 0 radical (unpaired) electrons. The van der Waals surface area contributed by atoms with E-state index in [-0.39, 0.29) is 0 Å². The highest BCUT2D eigenvalue weighted by molar-refractivity contribution is 5.89. The summed E-state index contributed by atoms with van der Waals surface area (Å²) in [4.78, 5) is 4.63. The molecule has 0 saturated heterocycles. The Morgan fingerprint density at radius 1 is 0.792 bits per heavy atom. The summed E-state index contributed by atoms with van der Waals surface area (Å²) in [6, 6.07) is 16.5. The first-order chi connectivity index (χ1) is 11.8. The zero-order chi connectivity index (χ0) is 16.5. The van der Waals surface area contributed by atoms with Crippen LogP contribution < -0.4 is 0 Å². The van der Waals surface area contributed by atoms with Crippen molar-refractivity contribution in [3.8, 4) is 11.1 Å². The molecule has 0 fully saturated rings. The van der Waals surface area contributed by atoms with E-state index in [0.29, 0.717) is 0 Å². The normalized spacial score (nSPS) is 11.6. The maximum atomic E-state index is 5.27. The first kappa shape index (κ1) is 14.9. The summed E-state index contributed by atoms with van der Waals surface area (Å²) < 4.78 is 15.8. The van der Waals surface area contributed by atoms with Crippen molar-refractivity contribution in [3.63, 3.8) is 0 Å². The van der Waals surface area contributed by atoms with E-state index in [1.165, 1.54) is 0 Å². The molecule has 0 aliphatic carbocycles. The van der Waals surface area contributed by atoms with E-state index in [0.717, 1.165) is 38.5 Å². The molecule has 0 aliphatic heterocycles. The number of benzene rings is 2. The number of hydrogen-bond acceptors (Lipinski definition) is 4. The van der Waals surface area contributed by atoms with Gasteiger partial charge < -0.3 is 13.9 Å². The van der Waals surface area contributed by atoms with E-state index < -0.39 is 6.29 Å². The van der Waals surface area contributed by atoms with Gasteiger partial charge in [0.2, 0.25) is 6.29 Å². The predicted octanol–water partition coefficient (Wildman–Crippen LogP) is 4.94. The van der Waals surface area contributed by atoms with Gasteiger partial charge in [-0.25, -0.2) is 4.98 Å². The van der Waals surface area contributed by atoms with E-state index in [9.17, 15) is 0 Å². The third kappa shape index (κ3) is 2.56. The summed E-state index contributed by atoms with van der Waals surface area (Å²) in [5, 5.41) is 3.29. The van der Waals surface area contributed by atoms with E-state index in [2.05, 4.69) is 35.3 Å². The second kappa shape index (κ2) is 6.07. The number of rotatable bonds is 4. The predicted molar refractivity (Wildman–Crippen MR) is 93.7 cm³/mol. The van der Waals surface area contributed by atoms with Crippen LogP contribution in [0.15, 0.2) is 65.5 Å². The Bertz CT molecular complexity index is 1000. The highest BCUT2D eigenvalue weighted by Gasteiger charge is 2.11. The fourth-order valence-corrected chi connectivity index (χ4v) is 2.93. The lowest BCUT2D eigenvalue weighted by Crippen LogP contribution is -2.05. The molecule has 2 aromatic heterocycles. The van der Waals surface area contributed by atoms with Crippen molar-refractivity contribution in [1.82, 2.24) is 4.98 Å². The number of fused-ring (bicyclic) bond motifs is 2. The summed E-state index contributed by atoms with van der Waals surface area (Å²) in [6.45, 7) is 0. The van der Waals surface area contributed by atoms with Crippen LogP contribution in [0, 0.1) is 0 Å². The molecule has 4 heteroatoms. The van der Waals surface area contributed by atoms with Gasteiger partial charge in [0.05, 0.1) is 23.7 Å². The average Bonchev–Trinajstić information content (AvgIpc) is 3.10. The SMILES string of the molecule is COC(OC)c1ccc2cc(-c3ccc4cocc4c3)ccc2n1. The van der Waals surface area contributed by atoms with Gasteiger partial charge >= 0.3 is 0 Å². The smallest absolute Gasteiger partial charge is 0.200 e. The molecule has 2 heterocycles. The van der Waals surface area contributed by atoms with Crippen molar-refractivity contribution in [2.75, 3.05) is 14.2 Å². The average molecular weight is 319 g/mol. The van der Waals surface area contributed by atoms with Crippen LogP contribution in [-0.4, -0.2) is 19.2 Å². The maximum Gasteiger partial charge on any atom is 0.200 e. The molecular weight excluding hydrogens is 302 g/mol. The number of nitrogens with zero attached hydrogens (tertiary/aromatic N) is 1. The van der Waals surface area contributed by atoms with Crippen LogP contribution in [0.5, 0.6) is 0 Å². The maximum absolute atomic E-state index is 5.27. The molecule has 120 valence electrons. The van der Waals surface area contributed by atoms with Crippen LogP contribution in [0.25, 0.3) is 32.8 Å². The number of ether oxygens (including phenoxy) is 2. The second-order valence-electron chi connectivity index (χ2n) is 5.66. The molecule has 0 atom stereocenters. The van der Waals surface area contributed by atoms with Crippen LogP contribution in [0.4, 0.5) is 0 Å². The molecule has 4 rings (SSSR count). The van der Waals surface area contributed by atoms with Crippen molar-refractivity contribution in [1.29, 1.82) is 0 Å². The van der Waals surface area contributed by atoms with Gasteiger partial charge in [-0.1, -0.05) is 24.3 Å². The van der Waals surface area contributed by atoms with Gasteiger partial charge in [0, 0.05) is 30.4 Å². The summed E-state index contributed by atoms with van der Waals surface area (Å²) in [5.74, 6) is 0. The lowest BCUT2D eigenvalue weighted by molar-refractivity contribution is -0.108. The fourth-order valence-electron chi connectivity index (χ4n) is 2.93. The third-order valence-corrected chi connectivity index (χ3v) is 4.19. The Morgan fingerprint density at radius 3 is 2.25 bits per heavy atom. The Kier molecular flexibility index (Phi) is 3.76. The van der Waals surface area contributed by atoms with Gasteiger partial charge in [0.1, 0.15) is 0 Å². The van der Waals surface area contributed by atoms with Gasteiger partial charge in [-0.15, -0.1) is 0 Å². The quantitative estimate of drug-likeness (QED) is 0.500. The zero-order valence-corrected chi connectivity index (χ0v) is 13.5. The van der Waals surface area contributed by atoms with Crippen LogP contribution in [0.3, 0.4) is 0 Å². The van der Waals surface area contributed by atoms with Gasteiger partial charge in [0.15, 0.2) is 0 Å². The Balaban J connectivity index is 1.76. The summed E-state index contributed by atoms with van der Waals surface area (Å²) >= 11 is 0. The lowest BCUT2D eigenvalue weighted by Gasteiger charge is -2.13. The van der Waals surface area contributed by atoms with Crippen LogP contribution in [0.1, 0.15) is 12.0 Å². The summed E-state index contributed by atoms with van der Waals surface area (Å²) in [7, 11) is 3.21. The molecule has 0 saturated carbocycles. The molecule has 2 aromatic carbocycles. The summed E-state index contributed by atoms with van der Waals surface area (Å²) in [6.07, 6.45) is 3.08. The van der Waals surface area contributed by atoms with Gasteiger partial charge in [-0.05, 0) is 35.4 Å². The standard InChI is InChI=1S/C20H17NO3/c1-22-20(23-2)19-8-6-15-9-14(5-7-18(15)21-19)13-3-4-16-11-24-12-17(16)10-13/h3-12,20H,1-2H3. The number of furan rings is 1. The topological polar surface area (TPSA) is 44.5 Å². The number of aromatic nitrogens is 1. The van der Waals surface area contributed by atoms with E-state index in [1.807, 2.05) is 18.2 Å². The van der Waals surface area contributed by atoms with Gasteiger partial charge in [0.25, 0.3) is 0 Å². The number of hydrogen-bond donors (Lipinski definition) is 0. The molecule has 4 nitrogen and oxygen atoms in total. The largest absolute Gasteiger partial charge is 0.471 e. The monoisotopic (exact) mass is 319 g/mol. The number of methoxy groups -OCH3 is 2. The van der Waals surface area contributed by atoms with Crippen LogP contribution in [0.2, 0.25) is 0 Å². The van der Waals surface area contributed by atoms with Crippen molar-refractivity contribution in [3.05, 3.63) is 66.8 Å². The van der Waals surface area contributed by atoms with Crippen LogP contribution >= 0.6 is 0 Å². The summed E-state index contributed by atoms with van der Waals surface area (Å²) in [5.41, 5.74) is 3.98. The first-order valence-corrected chi connectivity index (χ1v) is 7.71. The lowest BCUT2D eigenvalue weighted by atomic mass is 10.0. The molecule has 24 heavy (non-hydrogen) atoms. The van der Waals surface area contributed by atoms with Crippen molar-refractivity contribution < 1.29 is 13.9 Å². The van der Waals surface area contributed by atoms with E-state index in [1.54, 1.807) is 26.7 Å². The molecular formula is C20H17NO3. The highest BCUT2D eigenvalue weighted by atomic mass is 16.7. The van der Waals surface area contributed by atoms with Crippen molar-refractivity contribution in [2.24, 2.45) is 0 Å². The minimum Gasteiger partial charge on any atom is -0.471 e. The molecule has 0 amide bonds. The van der Waals surface area contributed by atoms with Crippen molar-refractivity contribution in [2.45, 2.75) is 6.29 Å². The van der Waals surface area contributed by atoms with E-state index >= 15 is 0 Å². The Labute approximate surface area is 139 Å². The molecule has 0 bridgehead atoms. The van der Waals surface area contributed by atoms with E-state index in [4.69, 9.17) is 13.9 Å². The zero-order valence-electron chi connectivity index (χ0n) is 13.5. The molecule has 4 aromatic rings. The van der Waals surface area contributed by atoms with Gasteiger partial charge in [-0.3, -0.25) is 0 Å².